The molecule has 0 atom stereocenters. The maximum absolute atomic E-state index is 12.4. The summed E-state index contributed by atoms with van der Waals surface area (Å²) in [4.78, 5) is 13.2. The monoisotopic (exact) mass is 375 g/mol. The zero-order valence-corrected chi connectivity index (χ0v) is 15.3. The Morgan fingerprint density at radius 3 is 2.52 bits per heavy atom. The summed E-state index contributed by atoms with van der Waals surface area (Å²) in [5.74, 6) is 1.32. The maximum Gasteiger partial charge on any atom is 0.251 e. The predicted octanol–water partition coefficient (Wildman–Crippen LogP) is 3.66. The van der Waals surface area contributed by atoms with E-state index >= 15 is 0 Å². The molecular formula is C20H17N5OS. The zero-order valence-electron chi connectivity index (χ0n) is 14.5. The smallest absolute Gasteiger partial charge is 0.251 e. The lowest BCUT2D eigenvalue weighted by Gasteiger charge is -2.05. The summed E-state index contributed by atoms with van der Waals surface area (Å²) in [7, 11) is 0. The molecule has 134 valence electrons. The number of hydrogen-bond donors (Lipinski definition) is 1. The molecule has 1 saturated carbocycles. The Bertz CT molecular complexity index is 1100. The van der Waals surface area contributed by atoms with Crippen molar-refractivity contribution < 1.29 is 4.79 Å². The van der Waals surface area contributed by atoms with Gasteiger partial charge in [0.2, 0.25) is 4.96 Å². The standard InChI is InChI=1S/C20H17N5OS/c26-19(16-10-6-14(7-11-16)13-4-2-1-3-5-13)21-12-17-24-25-18(15-8-9-15)22-23-20(25)27-17/h1-7,10-11,15H,8-9,12H2,(H,21,26). The molecule has 0 radical (unpaired) electrons. The van der Waals surface area contributed by atoms with E-state index in [1.165, 1.54) is 11.3 Å². The predicted molar refractivity (Wildman–Crippen MR) is 104 cm³/mol. The summed E-state index contributed by atoms with van der Waals surface area (Å²) >= 11 is 1.46. The fourth-order valence-corrected chi connectivity index (χ4v) is 3.82. The molecule has 5 rings (SSSR count). The van der Waals surface area contributed by atoms with Crippen molar-refractivity contribution in [3.05, 3.63) is 71.0 Å². The molecule has 1 aliphatic carbocycles. The Morgan fingerprint density at radius 2 is 1.78 bits per heavy atom. The molecule has 27 heavy (non-hydrogen) atoms. The van der Waals surface area contributed by atoms with Gasteiger partial charge in [0, 0.05) is 11.5 Å². The van der Waals surface area contributed by atoms with Gasteiger partial charge in [-0.05, 0) is 36.1 Å². The highest BCUT2D eigenvalue weighted by atomic mass is 32.1. The van der Waals surface area contributed by atoms with Crippen molar-refractivity contribution >= 4 is 22.2 Å². The highest BCUT2D eigenvalue weighted by Crippen LogP contribution is 2.39. The topological polar surface area (TPSA) is 72.2 Å². The molecule has 2 aromatic heterocycles. The van der Waals surface area contributed by atoms with Crippen LogP contribution in [0, 0.1) is 0 Å². The number of carbonyl (C=O) groups is 1. The Hall–Kier alpha value is -3.06. The van der Waals surface area contributed by atoms with E-state index in [-0.39, 0.29) is 5.91 Å². The molecule has 0 saturated heterocycles. The molecule has 1 amide bonds. The van der Waals surface area contributed by atoms with Crippen molar-refractivity contribution in [2.75, 3.05) is 0 Å². The molecule has 0 unspecified atom stereocenters. The normalized spacial score (nSPS) is 13.8. The third-order valence-electron chi connectivity index (χ3n) is 4.65. The molecule has 1 N–H and O–H groups in total. The van der Waals surface area contributed by atoms with Crippen molar-refractivity contribution in [2.24, 2.45) is 0 Å². The molecule has 6 nitrogen and oxygen atoms in total. The van der Waals surface area contributed by atoms with Crippen LogP contribution in [0.15, 0.2) is 54.6 Å². The SMILES string of the molecule is O=C(NCc1nn2c(C3CC3)nnc2s1)c1ccc(-c2ccccc2)cc1. The van der Waals surface area contributed by atoms with Crippen LogP contribution in [0.4, 0.5) is 0 Å². The van der Waals surface area contributed by atoms with Gasteiger partial charge >= 0.3 is 0 Å². The number of carbonyl (C=O) groups excluding carboxylic acids is 1. The second kappa shape index (κ2) is 6.59. The van der Waals surface area contributed by atoms with Gasteiger partial charge in [0.05, 0.1) is 6.54 Å². The van der Waals surface area contributed by atoms with E-state index < -0.39 is 0 Å². The molecule has 2 aromatic carbocycles. The highest BCUT2D eigenvalue weighted by Gasteiger charge is 2.30. The summed E-state index contributed by atoms with van der Waals surface area (Å²) in [6.07, 6.45) is 2.31. The van der Waals surface area contributed by atoms with Gasteiger partial charge in [-0.25, -0.2) is 0 Å². The van der Waals surface area contributed by atoms with E-state index in [9.17, 15) is 4.79 Å². The largest absolute Gasteiger partial charge is 0.345 e. The van der Waals surface area contributed by atoms with Gasteiger partial charge in [0.1, 0.15) is 5.01 Å². The number of aromatic nitrogens is 4. The lowest BCUT2D eigenvalue weighted by atomic mass is 10.0. The molecular weight excluding hydrogens is 358 g/mol. The van der Waals surface area contributed by atoms with Gasteiger partial charge in [-0.15, -0.1) is 10.2 Å². The van der Waals surface area contributed by atoms with E-state index in [2.05, 4.69) is 32.7 Å². The fourth-order valence-electron chi connectivity index (χ4n) is 3.04. The Morgan fingerprint density at radius 1 is 1.04 bits per heavy atom. The van der Waals surface area contributed by atoms with Crippen LogP contribution >= 0.6 is 11.3 Å². The second-order valence-electron chi connectivity index (χ2n) is 6.65. The van der Waals surface area contributed by atoms with Gasteiger partial charge in [-0.2, -0.15) is 9.61 Å². The summed E-state index contributed by atoms with van der Waals surface area (Å²) in [5, 5.41) is 16.7. The number of hydrogen-bond acceptors (Lipinski definition) is 5. The second-order valence-corrected chi connectivity index (χ2v) is 7.69. The molecule has 4 aromatic rings. The highest BCUT2D eigenvalue weighted by molar-refractivity contribution is 7.16. The number of nitrogens with one attached hydrogen (secondary N) is 1. The van der Waals surface area contributed by atoms with Gasteiger partial charge in [0.25, 0.3) is 5.91 Å². The van der Waals surface area contributed by atoms with Crippen molar-refractivity contribution in [3.8, 4) is 11.1 Å². The van der Waals surface area contributed by atoms with Gasteiger partial charge < -0.3 is 5.32 Å². The van der Waals surface area contributed by atoms with Crippen LogP contribution in [0.5, 0.6) is 0 Å². The van der Waals surface area contributed by atoms with E-state index in [1.807, 2.05) is 47.0 Å². The van der Waals surface area contributed by atoms with Crippen molar-refractivity contribution in [1.82, 2.24) is 25.1 Å². The third-order valence-corrected chi connectivity index (χ3v) is 5.55. The number of rotatable bonds is 5. The number of nitrogens with zero attached hydrogens (tertiary/aromatic N) is 4. The lowest BCUT2D eigenvalue weighted by Crippen LogP contribution is -2.22. The summed E-state index contributed by atoms with van der Waals surface area (Å²) < 4.78 is 1.82. The molecule has 0 bridgehead atoms. The Labute approximate surface area is 159 Å². The minimum atomic E-state index is -0.108. The first-order chi connectivity index (χ1) is 13.3. The number of benzene rings is 2. The van der Waals surface area contributed by atoms with E-state index in [4.69, 9.17) is 0 Å². The summed E-state index contributed by atoms with van der Waals surface area (Å²) in [6.45, 7) is 0.386. The van der Waals surface area contributed by atoms with Crippen LogP contribution < -0.4 is 5.32 Å². The van der Waals surface area contributed by atoms with E-state index in [0.29, 0.717) is 18.0 Å². The Kier molecular flexibility index (Phi) is 3.94. The van der Waals surface area contributed by atoms with Gasteiger partial charge in [0.15, 0.2) is 5.82 Å². The average Bonchev–Trinajstić information content (AvgIpc) is 3.36. The minimum Gasteiger partial charge on any atom is -0.345 e. The molecule has 1 aliphatic rings. The van der Waals surface area contributed by atoms with Gasteiger partial charge in [-0.1, -0.05) is 53.8 Å². The van der Waals surface area contributed by atoms with E-state index in [1.54, 1.807) is 0 Å². The maximum atomic E-state index is 12.4. The van der Waals surface area contributed by atoms with Crippen LogP contribution in [0.2, 0.25) is 0 Å². The van der Waals surface area contributed by atoms with Crippen LogP contribution in [0.3, 0.4) is 0 Å². The van der Waals surface area contributed by atoms with Crippen LogP contribution in [-0.2, 0) is 6.54 Å². The fraction of sp³-hybridized carbons (Fsp3) is 0.200. The average molecular weight is 375 g/mol. The summed E-state index contributed by atoms with van der Waals surface area (Å²) in [6, 6.07) is 17.7. The van der Waals surface area contributed by atoms with Gasteiger partial charge in [-0.3, -0.25) is 4.79 Å². The lowest BCUT2D eigenvalue weighted by molar-refractivity contribution is 0.0951. The number of fused-ring (bicyclic) bond motifs is 1. The van der Waals surface area contributed by atoms with Crippen LogP contribution in [0.1, 0.15) is 39.9 Å². The number of amides is 1. The quantitative estimate of drug-likeness (QED) is 0.578. The molecule has 2 heterocycles. The third kappa shape index (κ3) is 3.21. The van der Waals surface area contributed by atoms with Crippen LogP contribution in [0.25, 0.3) is 16.1 Å². The van der Waals surface area contributed by atoms with E-state index in [0.717, 1.165) is 39.8 Å². The molecule has 1 fully saturated rings. The van der Waals surface area contributed by atoms with Crippen molar-refractivity contribution in [3.63, 3.8) is 0 Å². The molecule has 0 aliphatic heterocycles. The zero-order chi connectivity index (χ0) is 18.2. The Balaban J connectivity index is 1.26. The first-order valence-electron chi connectivity index (χ1n) is 8.92. The van der Waals surface area contributed by atoms with Crippen molar-refractivity contribution in [2.45, 2.75) is 25.3 Å². The molecule has 0 spiro atoms. The van der Waals surface area contributed by atoms with Crippen LogP contribution in [-0.4, -0.2) is 25.7 Å². The molecule has 7 heteroatoms. The first kappa shape index (κ1) is 16.1. The minimum absolute atomic E-state index is 0.108. The first-order valence-corrected chi connectivity index (χ1v) is 9.74. The van der Waals surface area contributed by atoms with Crippen molar-refractivity contribution in [1.29, 1.82) is 0 Å². The summed E-state index contributed by atoms with van der Waals surface area (Å²) in [5.41, 5.74) is 2.86.